The Balaban J connectivity index is 2.19. The summed E-state index contributed by atoms with van der Waals surface area (Å²) < 4.78 is 16.2. The summed E-state index contributed by atoms with van der Waals surface area (Å²) >= 11 is 3.29. The number of rotatable bonds is 9. The molecule has 1 fully saturated rings. The molecule has 9 heteroatoms. The van der Waals surface area contributed by atoms with Gasteiger partial charge in [0.05, 0.1) is 29.8 Å². The van der Waals surface area contributed by atoms with E-state index in [2.05, 4.69) is 15.9 Å². The lowest BCUT2D eigenvalue weighted by molar-refractivity contribution is -0.140. The van der Waals surface area contributed by atoms with Crippen LogP contribution in [0.5, 0.6) is 17.2 Å². The Bertz CT molecular complexity index is 1080. The van der Waals surface area contributed by atoms with E-state index in [-0.39, 0.29) is 29.4 Å². The summed E-state index contributed by atoms with van der Waals surface area (Å²) in [6.45, 7) is 2.91. The van der Waals surface area contributed by atoms with Gasteiger partial charge in [-0.1, -0.05) is 12.1 Å². The van der Waals surface area contributed by atoms with Crippen molar-refractivity contribution in [2.75, 3.05) is 34.0 Å². The molecule has 0 spiro atoms. The average molecular weight is 520 g/mol. The van der Waals surface area contributed by atoms with Gasteiger partial charge in [0, 0.05) is 25.8 Å². The maximum Gasteiger partial charge on any atom is 0.295 e. The first-order valence-corrected chi connectivity index (χ1v) is 11.2. The molecule has 1 unspecified atom stereocenters. The predicted octanol–water partition coefficient (Wildman–Crippen LogP) is 4.02. The zero-order chi connectivity index (χ0) is 24.1. The Morgan fingerprint density at radius 1 is 1.18 bits per heavy atom. The monoisotopic (exact) mass is 519 g/mol. The van der Waals surface area contributed by atoms with Crippen molar-refractivity contribution in [3.05, 3.63) is 57.6 Å². The van der Waals surface area contributed by atoms with Crippen LogP contribution in [0.25, 0.3) is 5.76 Å². The fourth-order valence-corrected chi connectivity index (χ4v) is 4.26. The first-order valence-electron chi connectivity index (χ1n) is 10.4. The Hall–Kier alpha value is -3.04. The van der Waals surface area contributed by atoms with Gasteiger partial charge in [-0.05, 0) is 59.1 Å². The number of likely N-dealkylation sites (tertiary alicyclic amines) is 1. The molecule has 0 bridgehead atoms. The molecule has 8 nitrogen and oxygen atoms in total. The minimum absolute atomic E-state index is 0.0503. The summed E-state index contributed by atoms with van der Waals surface area (Å²) in [5.74, 6) is -1.23. The zero-order valence-corrected chi connectivity index (χ0v) is 20.2. The van der Waals surface area contributed by atoms with Crippen molar-refractivity contribution >= 4 is 33.4 Å². The van der Waals surface area contributed by atoms with E-state index in [1.807, 2.05) is 6.92 Å². The standard InChI is InChI=1S/C24H26BrNO7/c1-4-33-16-8-5-7-14(11-16)21(27)19-20(15-12-17(25)22(28)18(13-15)32-3)26(9-6-10-31-2)24(30)23(19)29/h5,7-8,11-13,20,27-28H,4,6,9-10H2,1-3H3/b21-19+. The van der Waals surface area contributed by atoms with Crippen LogP contribution in [0, 0.1) is 0 Å². The molecule has 0 saturated carbocycles. The second kappa shape index (κ2) is 10.7. The molecule has 2 aromatic carbocycles. The quantitative estimate of drug-likeness (QED) is 0.223. The van der Waals surface area contributed by atoms with Crippen molar-refractivity contribution in [2.45, 2.75) is 19.4 Å². The molecule has 1 atom stereocenters. The normalized spacial score (nSPS) is 17.5. The molecule has 33 heavy (non-hydrogen) atoms. The van der Waals surface area contributed by atoms with Crippen LogP contribution < -0.4 is 9.47 Å². The number of aliphatic hydroxyl groups excluding tert-OH is 1. The molecule has 2 N–H and O–H groups in total. The number of Topliss-reactive ketones (excluding diaryl/α,β-unsaturated/α-hetero) is 1. The van der Waals surface area contributed by atoms with Gasteiger partial charge in [0.15, 0.2) is 11.5 Å². The highest BCUT2D eigenvalue weighted by atomic mass is 79.9. The number of phenolic OH excluding ortho intramolecular Hbond substituents is 1. The number of ether oxygens (including phenoxy) is 3. The minimum Gasteiger partial charge on any atom is -0.507 e. The Labute approximate surface area is 200 Å². The molecule has 2 aromatic rings. The number of carbonyl (C=O) groups is 2. The van der Waals surface area contributed by atoms with Crippen molar-refractivity contribution in [2.24, 2.45) is 0 Å². The smallest absolute Gasteiger partial charge is 0.295 e. The number of aromatic hydroxyl groups is 1. The first-order chi connectivity index (χ1) is 15.8. The van der Waals surface area contributed by atoms with Crippen LogP contribution in [0.15, 0.2) is 46.4 Å². The van der Waals surface area contributed by atoms with Crippen molar-refractivity contribution in [1.29, 1.82) is 0 Å². The fourth-order valence-electron chi connectivity index (χ4n) is 3.80. The topological polar surface area (TPSA) is 106 Å². The van der Waals surface area contributed by atoms with Gasteiger partial charge in [0.2, 0.25) is 0 Å². The van der Waals surface area contributed by atoms with Gasteiger partial charge >= 0.3 is 0 Å². The maximum absolute atomic E-state index is 13.1. The third-order valence-electron chi connectivity index (χ3n) is 5.29. The number of benzene rings is 2. The van der Waals surface area contributed by atoms with Crippen LogP contribution in [-0.2, 0) is 14.3 Å². The summed E-state index contributed by atoms with van der Waals surface area (Å²) in [4.78, 5) is 27.5. The molecule has 0 aromatic heterocycles. The number of aliphatic hydroxyl groups is 1. The Morgan fingerprint density at radius 3 is 2.61 bits per heavy atom. The largest absolute Gasteiger partial charge is 0.507 e. The molecule has 1 aliphatic rings. The lowest BCUT2D eigenvalue weighted by Crippen LogP contribution is -2.31. The van der Waals surface area contributed by atoms with Crippen LogP contribution in [0.1, 0.15) is 30.5 Å². The van der Waals surface area contributed by atoms with Crippen LogP contribution in [-0.4, -0.2) is 60.8 Å². The van der Waals surface area contributed by atoms with Crippen LogP contribution in [0.4, 0.5) is 0 Å². The average Bonchev–Trinajstić information content (AvgIpc) is 3.06. The molecule has 1 heterocycles. The summed E-state index contributed by atoms with van der Waals surface area (Å²) in [5, 5.41) is 21.4. The molecule has 0 aliphatic carbocycles. The second-order valence-electron chi connectivity index (χ2n) is 7.35. The van der Waals surface area contributed by atoms with Crippen molar-refractivity contribution in [1.82, 2.24) is 4.90 Å². The highest BCUT2D eigenvalue weighted by molar-refractivity contribution is 9.10. The van der Waals surface area contributed by atoms with Gasteiger partial charge in [-0.3, -0.25) is 9.59 Å². The van der Waals surface area contributed by atoms with E-state index in [0.717, 1.165) is 0 Å². The van der Waals surface area contributed by atoms with Crippen molar-refractivity contribution in [3.8, 4) is 17.2 Å². The third-order valence-corrected chi connectivity index (χ3v) is 5.90. The molecular formula is C24H26BrNO7. The Kier molecular flexibility index (Phi) is 7.99. The number of nitrogens with zero attached hydrogens (tertiary/aromatic N) is 1. The number of phenols is 1. The van der Waals surface area contributed by atoms with E-state index in [1.54, 1.807) is 43.5 Å². The second-order valence-corrected chi connectivity index (χ2v) is 8.21. The lowest BCUT2D eigenvalue weighted by atomic mass is 9.95. The molecule has 3 rings (SSSR count). The summed E-state index contributed by atoms with van der Waals surface area (Å²) in [6, 6.07) is 8.95. The predicted molar refractivity (Wildman–Crippen MR) is 125 cm³/mol. The van der Waals surface area contributed by atoms with E-state index < -0.39 is 17.7 Å². The van der Waals surface area contributed by atoms with Crippen LogP contribution in [0.3, 0.4) is 0 Å². The third kappa shape index (κ3) is 4.99. The fraction of sp³-hybridized carbons (Fsp3) is 0.333. The SMILES string of the molecule is CCOc1cccc(/C(O)=C2\C(=O)C(=O)N(CCCOC)C2c2cc(Br)c(O)c(OC)c2)c1. The van der Waals surface area contributed by atoms with Gasteiger partial charge in [-0.25, -0.2) is 0 Å². The van der Waals surface area contributed by atoms with E-state index in [4.69, 9.17) is 14.2 Å². The van der Waals surface area contributed by atoms with Crippen LogP contribution >= 0.6 is 15.9 Å². The lowest BCUT2D eigenvalue weighted by Gasteiger charge is -2.26. The molecule has 1 aliphatic heterocycles. The summed E-state index contributed by atoms with van der Waals surface area (Å²) in [6.07, 6.45) is 0.496. The van der Waals surface area contributed by atoms with Gasteiger partial charge < -0.3 is 29.3 Å². The van der Waals surface area contributed by atoms with Gasteiger partial charge in [-0.2, -0.15) is 0 Å². The summed E-state index contributed by atoms with van der Waals surface area (Å²) in [7, 11) is 2.96. The number of methoxy groups -OCH3 is 2. The number of ketones is 1. The number of halogens is 1. The van der Waals surface area contributed by atoms with E-state index >= 15 is 0 Å². The molecule has 0 radical (unpaired) electrons. The van der Waals surface area contributed by atoms with E-state index in [9.17, 15) is 19.8 Å². The number of carbonyl (C=O) groups excluding carboxylic acids is 2. The number of hydrogen-bond acceptors (Lipinski definition) is 7. The Morgan fingerprint density at radius 2 is 1.94 bits per heavy atom. The first kappa shape index (κ1) is 24.6. The number of hydrogen-bond donors (Lipinski definition) is 2. The summed E-state index contributed by atoms with van der Waals surface area (Å²) in [5.41, 5.74) is 0.798. The molecule has 176 valence electrons. The molecule has 1 amide bonds. The van der Waals surface area contributed by atoms with Crippen molar-refractivity contribution < 1.29 is 34.0 Å². The number of amides is 1. The van der Waals surface area contributed by atoms with Gasteiger partial charge in [-0.15, -0.1) is 0 Å². The minimum atomic E-state index is -0.886. The highest BCUT2D eigenvalue weighted by Crippen LogP contribution is 2.44. The highest BCUT2D eigenvalue weighted by Gasteiger charge is 2.46. The molecule has 1 saturated heterocycles. The van der Waals surface area contributed by atoms with Crippen LogP contribution in [0.2, 0.25) is 0 Å². The van der Waals surface area contributed by atoms with Gasteiger partial charge in [0.1, 0.15) is 11.5 Å². The molecular weight excluding hydrogens is 494 g/mol. The van der Waals surface area contributed by atoms with E-state index in [1.165, 1.54) is 12.0 Å². The van der Waals surface area contributed by atoms with Gasteiger partial charge in [0.25, 0.3) is 11.7 Å². The zero-order valence-electron chi connectivity index (χ0n) is 18.6. The van der Waals surface area contributed by atoms with E-state index in [0.29, 0.717) is 41.0 Å². The maximum atomic E-state index is 13.1. The van der Waals surface area contributed by atoms with Crippen molar-refractivity contribution in [3.63, 3.8) is 0 Å².